The normalized spacial score (nSPS) is 17.7. The number of ether oxygens (including phenoxy) is 1. The highest BCUT2D eigenvalue weighted by atomic mass is 19.1. The number of methoxy groups -OCH3 is 1. The molecule has 0 aliphatic heterocycles. The maximum atomic E-state index is 13.0. The van der Waals surface area contributed by atoms with Crippen molar-refractivity contribution in [2.24, 2.45) is 5.92 Å². The van der Waals surface area contributed by atoms with Crippen molar-refractivity contribution >= 4 is 23.5 Å². The molecule has 0 heterocycles. The van der Waals surface area contributed by atoms with E-state index in [0.717, 1.165) is 12.0 Å². The van der Waals surface area contributed by atoms with E-state index in [2.05, 4.69) is 15.4 Å². The Hall–Kier alpha value is -3.22. The van der Waals surface area contributed by atoms with E-state index in [0.29, 0.717) is 11.3 Å². The number of hydrogen-bond donors (Lipinski definition) is 2. The predicted molar refractivity (Wildman–Crippen MR) is 96.7 cm³/mol. The summed E-state index contributed by atoms with van der Waals surface area (Å²) in [4.78, 5) is 35.3. The summed E-state index contributed by atoms with van der Waals surface area (Å²) in [5.41, 5.74) is 1.90. The lowest BCUT2D eigenvalue weighted by atomic mass is 10.1. The lowest BCUT2D eigenvalue weighted by Crippen LogP contribution is -2.30. The van der Waals surface area contributed by atoms with Gasteiger partial charge in [-0.05, 0) is 54.3 Å². The number of rotatable bonds is 6. The summed E-state index contributed by atoms with van der Waals surface area (Å²) < 4.78 is 17.4. The number of hydrogen-bond acceptors (Lipinski definition) is 4. The van der Waals surface area contributed by atoms with E-state index in [-0.39, 0.29) is 30.1 Å². The predicted octanol–water partition coefficient (Wildman–Crippen LogP) is 2.47. The monoisotopic (exact) mass is 370 g/mol. The van der Waals surface area contributed by atoms with Gasteiger partial charge in [-0.25, -0.2) is 4.39 Å². The van der Waals surface area contributed by atoms with Crippen LogP contribution in [-0.2, 0) is 14.3 Å². The van der Waals surface area contributed by atoms with E-state index >= 15 is 0 Å². The topological polar surface area (TPSA) is 84.5 Å². The zero-order chi connectivity index (χ0) is 19.4. The quantitative estimate of drug-likeness (QED) is 0.765. The molecule has 0 saturated heterocycles. The molecule has 6 nitrogen and oxygen atoms in total. The Labute approximate surface area is 155 Å². The Bertz CT molecular complexity index is 849. The molecule has 2 N–H and O–H groups in total. The van der Waals surface area contributed by atoms with Gasteiger partial charge in [-0.15, -0.1) is 0 Å². The second kappa shape index (κ2) is 7.99. The van der Waals surface area contributed by atoms with E-state index < -0.39 is 11.9 Å². The first-order valence-electron chi connectivity index (χ1n) is 8.49. The van der Waals surface area contributed by atoms with Crippen LogP contribution in [0, 0.1) is 11.7 Å². The molecule has 0 aromatic heterocycles. The van der Waals surface area contributed by atoms with Crippen molar-refractivity contribution in [3.8, 4) is 0 Å². The van der Waals surface area contributed by atoms with Gasteiger partial charge in [0.1, 0.15) is 12.4 Å². The Balaban J connectivity index is 1.52. The molecular formula is C20H19FN2O4. The Morgan fingerprint density at radius 2 is 1.74 bits per heavy atom. The third kappa shape index (κ3) is 4.69. The van der Waals surface area contributed by atoms with Crippen molar-refractivity contribution in [2.75, 3.05) is 19.0 Å². The van der Waals surface area contributed by atoms with Crippen LogP contribution in [-0.4, -0.2) is 31.4 Å². The largest absolute Gasteiger partial charge is 0.468 e. The van der Waals surface area contributed by atoms with Crippen molar-refractivity contribution in [2.45, 2.75) is 12.3 Å². The third-order valence-electron chi connectivity index (χ3n) is 4.46. The Morgan fingerprint density at radius 3 is 2.37 bits per heavy atom. The summed E-state index contributed by atoms with van der Waals surface area (Å²) in [6.07, 6.45) is 0.728. The summed E-state index contributed by atoms with van der Waals surface area (Å²) in [6, 6.07) is 12.6. The molecule has 140 valence electrons. The van der Waals surface area contributed by atoms with Gasteiger partial charge in [0.05, 0.1) is 7.11 Å². The highest BCUT2D eigenvalue weighted by molar-refractivity contribution is 5.98. The van der Waals surface area contributed by atoms with Crippen molar-refractivity contribution in [1.82, 2.24) is 5.32 Å². The van der Waals surface area contributed by atoms with Crippen LogP contribution in [0.1, 0.15) is 28.3 Å². The molecular weight excluding hydrogens is 351 g/mol. The van der Waals surface area contributed by atoms with Gasteiger partial charge in [0, 0.05) is 17.2 Å². The first kappa shape index (κ1) is 18.6. The smallest absolute Gasteiger partial charge is 0.325 e. The number of carbonyl (C=O) groups is 3. The van der Waals surface area contributed by atoms with Gasteiger partial charge in [0.15, 0.2) is 0 Å². The second-order valence-electron chi connectivity index (χ2n) is 6.33. The van der Waals surface area contributed by atoms with Crippen LogP contribution in [0.4, 0.5) is 10.1 Å². The third-order valence-corrected chi connectivity index (χ3v) is 4.46. The number of amides is 2. The van der Waals surface area contributed by atoms with Gasteiger partial charge in [0.25, 0.3) is 5.91 Å². The molecule has 1 saturated carbocycles. The van der Waals surface area contributed by atoms with Crippen molar-refractivity contribution < 1.29 is 23.5 Å². The molecule has 2 atom stereocenters. The molecule has 27 heavy (non-hydrogen) atoms. The van der Waals surface area contributed by atoms with Crippen molar-refractivity contribution in [3.05, 3.63) is 65.5 Å². The van der Waals surface area contributed by atoms with Crippen LogP contribution in [0.2, 0.25) is 0 Å². The molecule has 0 unspecified atom stereocenters. The van der Waals surface area contributed by atoms with E-state index in [4.69, 9.17) is 0 Å². The average molecular weight is 370 g/mol. The zero-order valence-corrected chi connectivity index (χ0v) is 14.7. The van der Waals surface area contributed by atoms with Gasteiger partial charge in [0.2, 0.25) is 5.91 Å². The SMILES string of the molecule is COC(=O)CNC(=O)c1ccc(NC(=O)[C@H]2C[C@@H]2c2ccc(F)cc2)cc1. The van der Waals surface area contributed by atoms with Crippen molar-refractivity contribution in [1.29, 1.82) is 0 Å². The maximum Gasteiger partial charge on any atom is 0.325 e. The van der Waals surface area contributed by atoms with Crippen LogP contribution in [0.15, 0.2) is 48.5 Å². The fourth-order valence-corrected chi connectivity index (χ4v) is 2.83. The number of benzene rings is 2. The minimum Gasteiger partial charge on any atom is -0.468 e. The Kier molecular flexibility index (Phi) is 5.49. The molecule has 1 fully saturated rings. The molecule has 2 aromatic rings. The van der Waals surface area contributed by atoms with Crippen LogP contribution in [0.3, 0.4) is 0 Å². The molecule has 0 radical (unpaired) electrons. The highest BCUT2D eigenvalue weighted by Crippen LogP contribution is 2.47. The molecule has 1 aliphatic carbocycles. The summed E-state index contributed by atoms with van der Waals surface area (Å²) in [6.45, 7) is -0.208. The minimum atomic E-state index is -0.535. The summed E-state index contributed by atoms with van der Waals surface area (Å²) in [5, 5.41) is 5.26. The average Bonchev–Trinajstić information content (AvgIpc) is 3.48. The molecule has 0 bridgehead atoms. The summed E-state index contributed by atoms with van der Waals surface area (Å²) >= 11 is 0. The number of nitrogens with one attached hydrogen (secondary N) is 2. The molecule has 2 aromatic carbocycles. The molecule has 0 spiro atoms. The fraction of sp³-hybridized carbons (Fsp3) is 0.250. The highest BCUT2D eigenvalue weighted by Gasteiger charge is 2.43. The van der Waals surface area contributed by atoms with Crippen LogP contribution in [0.25, 0.3) is 0 Å². The molecule has 1 aliphatic rings. The number of carbonyl (C=O) groups excluding carboxylic acids is 3. The molecule has 2 amide bonds. The summed E-state index contributed by atoms with van der Waals surface area (Å²) in [7, 11) is 1.24. The lowest BCUT2D eigenvalue weighted by Gasteiger charge is -2.07. The number of esters is 1. The first-order valence-corrected chi connectivity index (χ1v) is 8.49. The molecule has 7 heteroatoms. The maximum absolute atomic E-state index is 13.0. The van der Waals surface area contributed by atoms with Crippen LogP contribution >= 0.6 is 0 Å². The number of halogens is 1. The fourth-order valence-electron chi connectivity index (χ4n) is 2.83. The Morgan fingerprint density at radius 1 is 1.07 bits per heavy atom. The van der Waals surface area contributed by atoms with Crippen LogP contribution in [0.5, 0.6) is 0 Å². The van der Waals surface area contributed by atoms with Crippen LogP contribution < -0.4 is 10.6 Å². The molecule has 3 rings (SSSR count). The van der Waals surface area contributed by atoms with Crippen molar-refractivity contribution in [3.63, 3.8) is 0 Å². The first-order chi connectivity index (χ1) is 13.0. The van der Waals surface area contributed by atoms with Gasteiger partial charge in [-0.3, -0.25) is 14.4 Å². The summed E-state index contributed by atoms with van der Waals surface area (Å²) in [5.74, 6) is -1.37. The number of anilines is 1. The van der Waals surface area contributed by atoms with E-state index in [1.165, 1.54) is 19.2 Å². The van der Waals surface area contributed by atoms with Gasteiger partial charge in [-0.2, -0.15) is 0 Å². The van der Waals surface area contributed by atoms with Gasteiger partial charge in [-0.1, -0.05) is 12.1 Å². The minimum absolute atomic E-state index is 0.104. The standard InChI is InChI=1S/C20H19FN2O4/c1-27-18(24)11-22-19(25)13-4-8-15(9-5-13)23-20(26)17-10-16(17)12-2-6-14(21)7-3-12/h2-9,16-17H,10-11H2,1H3,(H,22,25)(H,23,26)/t16-,17+/m1/s1. The second-order valence-corrected chi connectivity index (χ2v) is 6.33. The lowest BCUT2D eigenvalue weighted by molar-refractivity contribution is -0.139. The zero-order valence-electron chi connectivity index (χ0n) is 14.7. The van der Waals surface area contributed by atoms with Gasteiger partial charge < -0.3 is 15.4 Å². The van der Waals surface area contributed by atoms with E-state index in [1.807, 2.05) is 0 Å². The van der Waals surface area contributed by atoms with E-state index in [9.17, 15) is 18.8 Å². The van der Waals surface area contributed by atoms with Gasteiger partial charge >= 0.3 is 5.97 Å². The van der Waals surface area contributed by atoms with E-state index in [1.54, 1.807) is 36.4 Å².